The van der Waals surface area contributed by atoms with Gasteiger partial charge in [-0.05, 0) is 12.1 Å². The van der Waals surface area contributed by atoms with E-state index < -0.39 is 4.92 Å². The first kappa shape index (κ1) is 13.8. The van der Waals surface area contributed by atoms with E-state index in [-0.39, 0.29) is 17.5 Å². The van der Waals surface area contributed by atoms with Crippen LogP contribution in [0.25, 0.3) is 0 Å². The standard InChI is InChI=1S/C11H10ClN5O3/c1-20-9-4-6(2-3-7(9)12)15-10-8(17(18)19)5-14-11(13)16-10/h2-5H,1H3,(H3,13,14,15,16). The highest BCUT2D eigenvalue weighted by Gasteiger charge is 2.17. The summed E-state index contributed by atoms with van der Waals surface area (Å²) in [6, 6.07) is 4.82. The maximum Gasteiger partial charge on any atom is 0.329 e. The van der Waals surface area contributed by atoms with Crippen molar-refractivity contribution in [3.05, 3.63) is 39.5 Å². The van der Waals surface area contributed by atoms with Crippen LogP contribution in [0.2, 0.25) is 5.02 Å². The highest BCUT2D eigenvalue weighted by molar-refractivity contribution is 6.32. The molecule has 8 nitrogen and oxygen atoms in total. The Balaban J connectivity index is 2.39. The third-order valence-corrected chi connectivity index (χ3v) is 2.71. The van der Waals surface area contributed by atoms with Gasteiger partial charge >= 0.3 is 5.69 Å². The zero-order valence-corrected chi connectivity index (χ0v) is 11.1. The van der Waals surface area contributed by atoms with Crippen molar-refractivity contribution >= 4 is 34.7 Å². The number of aromatic nitrogens is 2. The Kier molecular flexibility index (Phi) is 3.85. The van der Waals surface area contributed by atoms with E-state index in [0.29, 0.717) is 16.5 Å². The van der Waals surface area contributed by atoms with Crippen LogP contribution in [0.5, 0.6) is 5.75 Å². The zero-order valence-electron chi connectivity index (χ0n) is 10.3. The molecule has 2 rings (SSSR count). The van der Waals surface area contributed by atoms with Gasteiger partial charge in [0.1, 0.15) is 11.9 Å². The number of benzene rings is 1. The molecule has 0 radical (unpaired) electrons. The number of anilines is 3. The molecule has 1 aromatic heterocycles. The normalized spacial score (nSPS) is 10.1. The number of hydrogen-bond donors (Lipinski definition) is 2. The van der Waals surface area contributed by atoms with Gasteiger partial charge in [-0.25, -0.2) is 4.98 Å². The van der Waals surface area contributed by atoms with Crippen molar-refractivity contribution in [1.82, 2.24) is 9.97 Å². The van der Waals surface area contributed by atoms with Crippen molar-refractivity contribution in [2.45, 2.75) is 0 Å². The van der Waals surface area contributed by atoms with Crippen LogP contribution in [-0.2, 0) is 0 Å². The van der Waals surface area contributed by atoms with Crippen LogP contribution < -0.4 is 15.8 Å². The van der Waals surface area contributed by atoms with Crippen LogP contribution >= 0.6 is 11.6 Å². The molecular formula is C11H10ClN5O3. The molecule has 0 amide bonds. The van der Waals surface area contributed by atoms with Gasteiger partial charge in [-0.3, -0.25) is 10.1 Å². The lowest BCUT2D eigenvalue weighted by molar-refractivity contribution is -0.384. The topological polar surface area (TPSA) is 116 Å². The number of methoxy groups -OCH3 is 1. The van der Waals surface area contributed by atoms with Gasteiger partial charge in [-0.2, -0.15) is 4.98 Å². The van der Waals surface area contributed by atoms with Crippen LogP contribution in [0.15, 0.2) is 24.4 Å². The van der Waals surface area contributed by atoms with Gasteiger partial charge in [0.15, 0.2) is 0 Å². The number of hydrogen-bond acceptors (Lipinski definition) is 7. The average Bonchev–Trinajstić information content (AvgIpc) is 2.40. The van der Waals surface area contributed by atoms with E-state index in [1.54, 1.807) is 18.2 Å². The zero-order chi connectivity index (χ0) is 14.7. The summed E-state index contributed by atoms with van der Waals surface area (Å²) >= 11 is 5.90. The Labute approximate surface area is 118 Å². The van der Waals surface area contributed by atoms with Crippen molar-refractivity contribution in [1.29, 1.82) is 0 Å². The van der Waals surface area contributed by atoms with E-state index in [1.807, 2.05) is 0 Å². The van der Waals surface area contributed by atoms with Crippen molar-refractivity contribution < 1.29 is 9.66 Å². The van der Waals surface area contributed by atoms with E-state index >= 15 is 0 Å². The monoisotopic (exact) mass is 295 g/mol. The van der Waals surface area contributed by atoms with Crippen molar-refractivity contribution in [3.8, 4) is 5.75 Å². The molecule has 0 atom stereocenters. The van der Waals surface area contributed by atoms with Crippen molar-refractivity contribution in [3.63, 3.8) is 0 Å². The predicted octanol–water partition coefficient (Wildman–Crippen LogP) is 2.37. The molecule has 3 N–H and O–H groups in total. The summed E-state index contributed by atoms with van der Waals surface area (Å²) in [6.07, 6.45) is 1.04. The second kappa shape index (κ2) is 5.57. The van der Waals surface area contributed by atoms with Crippen LogP contribution in [0.4, 0.5) is 23.1 Å². The summed E-state index contributed by atoms with van der Waals surface area (Å²) in [5.41, 5.74) is 5.67. The maximum absolute atomic E-state index is 10.9. The fourth-order valence-electron chi connectivity index (χ4n) is 1.49. The number of nitro groups is 1. The fraction of sp³-hybridized carbons (Fsp3) is 0.0909. The Morgan fingerprint density at radius 2 is 2.25 bits per heavy atom. The molecular weight excluding hydrogens is 286 g/mol. The average molecular weight is 296 g/mol. The number of nitrogens with two attached hydrogens (primary N) is 1. The smallest absolute Gasteiger partial charge is 0.329 e. The summed E-state index contributed by atoms with van der Waals surface area (Å²) in [5.74, 6) is 0.354. The molecule has 0 aliphatic carbocycles. The first-order valence-electron chi connectivity index (χ1n) is 5.38. The molecule has 1 heterocycles. The molecule has 0 saturated heterocycles. The van der Waals surface area contributed by atoms with Crippen LogP contribution in [0.3, 0.4) is 0 Å². The summed E-state index contributed by atoms with van der Waals surface area (Å²) < 4.78 is 5.06. The van der Waals surface area contributed by atoms with Gasteiger partial charge < -0.3 is 15.8 Å². The molecule has 0 aliphatic heterocycles. The minimum Gasteiger partial charge on any atom is -0.495 e. The molecule has 0 spiro atoms. The molecule has 0 fully saturated rings. The third-order valence-electron chi connectivity index (χ3n) is 2.40. The molecule has 1 aromatic carbocycles. The largest absolute Gasteiger partial charge is 0.495 e. The minimum absolute atomic E-state index is 0.00752. The van der Waals surface area contributed by atoms with Crippen LogP contribution in [0, 0.1) is 10.1 Å². The second-order valence-electron chi connectivity index (χ2n) is 3.69. The number of nitrogens with zero attached hydrogens (tertiary/aromatic N) is 3. The molecule has 20 heavy (non-hydrogen) atoms. The lowest BCUT2D eigenvalue weighted by Crippen LogP contribution is -2.04. The highest BCUT2D eigenvalue weighted by Crippen LogP contribution is 2.31. The van der Waals surface area contributed by atoms with E-state index in [0.717, 1.165) is 6.20 Å². The van der Waals surface area contributed by atoms with Gasteiger partial charge in [-0.15, -0.1) is 0 Å². The Hall–Kier alpha value is -2.61. The number of rotatable bonds is 4. The van der Waals surface area contributed by atoms with E-state index in [9.17, 15) is 10.1 Å². The van der Waals surface area contributed by atoms with Gasteiger partial charge in [-0.1, -0.05) is 11.6 Å². The number of nitrogen functional groups attached to an aromatic ring is 1. The van der Waals surface area contributed by atoms with Crippen molar-refractivity contribution in [2.75, 3.05) is 18.2 Å². The molecule has 2 aromatic rings. The predicted molar refractivity (Wildman–Crippen MR) is 74.4 cm³/mol. The minimum atomic E-state index is -0.602. The number of nitrogens with one attached hydrogen (secondary N) is 1. The van der Waals surface area contributed by atoms with Crippen LogP contribution in [0.1, 0.15) is 0 Å². The number of ether oxygens (including phenoxy) is 1. The molecule has 0 unspecified atom stereocenters. The highest BCUT2D eigenvalue weighted by atomic mass is 35.5. The summed E-state index contributed by atoms with van der Waals surface area (Å²) in [7, 11) is 1.47. The van der Waals surface area contributed by atoms with E-state index in [2.05, 4.69) is 15.3 Å². The molecule has 104 valence electrons. The summed E-state index contributed by atoms with van der Waals surface area (Å²) in [6.45, 7) is 0. The Morgan fingerprint density at radius 1 is 1.50 bits per heavy atom. The first-order valence-corrected chi connectivity index (χ1v) is 5.76. The summed E-state index contributed by atoms with van der Waals surface area (Å²) in [4.78, 5) is 17.7. The molecule has 0 aliphatic rings. The Morgan fingerprint density at radius 3 is 2.90 bits per heavy atom. The quantitative estimate of drug-likeness (QED) is 0.657. The van der Waals surface area contributed by atoms with Gasteiger partial charge in [0, 0.05) is 11.8 Å². The van der Waals surface area contributed by atoms with Gasteiger partial charge in [0.05, 0.1) is 17.1 Å². The lowest BCUT2D eigenvalue weighted by atomic mass is 10.3. The molecule has 0 saturated carbocycles. The lowest BCUT2D eigenvalue weighted by Gasteiger charge is -2.09. The molecule has 9 heteroatoms. The third kappa shape index (κ3) is 2.86. The Bertz CT molecular complexity index is 665. The van der Waals surface area contributed by atoms with E-state index in [4.69, 9.17) is 22.1 Å². The SMILES string of the molecule is COc1cc(Nc2nc(N)ncc2[N+](=O)[O-])ccc1Cl. The summed E-state index contributed by atoms with van der Waals surface area (Å²) in [5, 5.41) is 14.1. The number of halogens is 1. The first-order chi connectivity index (χ1) is 9.51. The maximum atomic E-state index is 10.9. The van der Waals surface area contributed by atoms with Crippen LogP contribution in [-0.4, -0.2) is 22.0 Å². The fourth-order valence-corrected chi connectivity index (χ4v) is 1.68. The van der Waals surface area contributed by atoms with E-state index in [1.165, 1.54) is 7.11 Å². The van der Waals surface area contributed by atoms with Crippen molar-refractivity contribution in [2.24, 2.45) is 0 Å². The van der Waals surface area contributed by atoms with Gasteiger partial charge in [0.25, 0.3) is 0 Å². The second-order valence-corrected chi connectivity index (χ2v) is 4.10. The molecule has 0 bridgehead atoms. The van der Waals surface area contributed by atoms with Gasteiger partial charge in [0.2, 0.25) is 11.8 Å².